The van der Waals surface area contributed by atoms with Gasteiger partial charge in [0.2, 0.25) is 5.95 Å². The molecule has 2 N–H and O–H groups in total. The van der Waals surface area contributed by atoms with Gasteiger partial charge in [-0.15, -0.1) is 0 Å². The van der Waals surface area contributed by atoms with Crippen LogP contribution in [0.4, 0.5) is 17.5 Å². The Balaban J connectivity index is 1.40. The van der Waals surface area contributed by atoms with Gasteiger partial charge in [-0.25, -0.2) is 4.98 Å². The fraction of sp³-hybridized carbons (Fsp3) is 0.565. The van der Waals surface area contributed by atoms with Crippen LogP contribution in [0.25, 0.3) is 0 Å². The van der Waals surface area contributed by atoms with Crippen LogP contribution in [0.3, 0.4) is 0 Å². The van der Waals surface area contributed by atoms with E-state index in [4.69, 9.17) is 14.7 Å². The van der Waals surface area contributed by atoms with E-state index in [1.165, 1.54) is 29.7 Å². The summed E-state index contributed by atoms with van der Waals surface area (Å²) < 4.78 is 5.48. The van der Waals surface area contributed by atoms with Gasteiger partial charge in [-0.3, -0.25) is 0 Å². The maximum Gasteiger partial charge on any atom is 0.227 e. The highest BCUT2D eigenvalue weighted by Gasteiger charge is 2.34. The number of aryl methyl sites for hydroxylation is 1. The second-order valence-electron chi connectivity index (χ2n) is 8.60. The van der Waals surface area contributed by atoms with Crippen molar-refractivity contribution in [1.29, 1.82) is 0 Å². The molecule has 2 fully saturated rings. The standard InChI is InChI=1S/C23H30N4O2/c28-16-23(10-1-2-11-23)17-6-8-18(9-7-17)24-21-19-4-3-5-20(19)25-22(26-21)27-12-14-29-15-13-27/h6-9,28H,1-5,10-16H2,(H,24,25,26). The van der Waals surface area contributed by atoms with Gasteiger partial charge in [0.05, 0.1) is 25.5 Å². The predicted molar refractivity (Wildman–Crippen MR) is 114 cm³/mol. The Hall–Kier alpha value is -2.18. The lowest BCUT2D eigenvalue weighted by Gasteiger charge is -2.28. The molecule has 1 aromatic heterocycles. The lowest BCUT2D eigenvalue weighted by molar-refractivity contribution is 0.122. The summed E-state index contributed by atoms with van der Waals surface area (Å²) in [5.74, 6) is 1.76. The Morgan fingerprint density at radius 2 is 1.76 bits per heavy atom. The zero-order chi connectivity index (χ0) is 19.7. The topological polar surface area (TPSA) is 70.5 Å². The van der Waals surface area contributed by atoms with Crippen molar-refractivity contribution < 1.29 is 9.84 Å². The van der Waals surface area contributed by atoms with E-state index in [-0.39, 0.29) is 12.0 Å². The molecule has 1 saturated carbocycles. The second-order valence-corrected chi connectivity index (χ2v) is 8.60. The maximum absolute atomic E-state index is 9.99. The van der Waals surface area contributed by atoms with Gasteiger partial charge in [-0.1, -0.05) is 25.0 Å². The van der Waals surface area contributed by atoms with E-state index in [1.54, 1.807) is 0 Å². The van der Waals surface area contributed by atoms with E-state index < -0.39 is 0 Å². The Morgan fingerprint density at radius 3 is 2.48 bits per heavy atom. The molecule has 0 unspecified atom stereocenters. The summed E-state index contributed by atoms with van der Waals surface area (Å²) in [5.41, 5.74) is 4.70. The number of aliphatic hydroxyl groups excluding tert-OH is 1. The molecule has 6 heteroatoms. The number of morpholine rings is 1. The van der Waals surface area contributed by atoms with E-state index in [1.807, 2.05) is 0 Å². The van der Waals surface area contributed by atoms with Crippen molar-refractivity contribution in [3.8, 4) is 0 Å². The third-order valence-corrected chi connectivity index (χ3v) is 6.84. The summed E-state index contributed by atoms with van der Waals surface area (Å²) in [7, 11) is 0. The van der Waals surface area contributed by atoms with Crippen LogP contribution in [0.5, 0.6) is 0 Å². The van der Waals surface area contributed by atoms with Crippen molar-refractivity contribution in [3.05, 3.63) is 41.1 Å². The number of benzene rings is 1. The van der Waals surface area contributed by atoms with Crippen molar-refractivity contribution in [2.45, 2.75) is 50.4 Å². The Bertz CT molecular complexity index is 856. The quantitative estimate of drug-likeness (QED) is 0.810. The van der Waals surface area contributed by atoms with E-state index in [9.17, 15) is 5.11 Å². The number of hydrogen-bond acceptors (Lipinski definition) is 6. The highest BCUT2D eigenvalue weighted by Crippen LogP contribution is 2.41. The lowest BCUT2D eigenvalue weighted by atomic mass is 9.80. The van der Waals surface area contributed by atoms with E-state index in [0.29, 0.717) is 0 Å². The van der Waals surface area contributed by atoms with E-state index >= 15 is 0 Å². The smallest absolute Gasteiger partial charge is 0.227 e. The van der Waals surface area contributed by atoms with Gasteiger partial charge in [0.15, 0.2) is 0 Å². The number of nitrogens with one attached hydrogen (secondary N) is 1. The summed E-state index contributed by atoms with van der Waals surface area (Å²) in [5, 5.41) is 13.5. The van der Waals surface area contributed by atoms with Crippen LogP contribution < -0.4 is 10.2 Å². The van der Waals surface area contributed by atoms with Crippen LogP contribution >= 0.6 is 0 Å². The van der Waals surface area contributed by atoms with Gasteiger partial charge < -0.3 is 20.1 Å². The van der Waals surface area contributed by atoms with Gasteiger partial charge >= 0.3 is 0 Å². The molecule has 1 aliphatic heterocycles. The second kappa shape index (κ2) is 7.92. The molecule has 0 amide bonds. The van der Waals surface area contributed by atoms with Crippen molar-refractivity contribution in [3.63, 3.8) is 0 Å². The number of aliphatic hydroxyl groups is 1. The summed E-state index contributed by atoms with van der Waals surface area (Å²) in [6, 6.07) is 8.61. The Morgan fingerprint density at radius 1 is 1.00 bits per heavy atom. The molecule has 1 saturated heterocycles. The fourth-order valence-electron chi connectivity index (χ4n) is 5.06. The summed E-state index contributed by atoms with van der Waals surface area (Å²) in [4.78, 5) is 12.0. The van der Waals surface area contributed by atoms with Gasteiger partial charge in [0, 0.05) is 29.8 Å². The highest BCUT2D eigenvalue weighted by molar-refractivity contribution is 5.63. The minimum atomic E-state index is -0.0435. The lowest BCUT2D eigenvalue weighted by Crippen LogP contribution is -2.37. The minimum absolute atomic E-state index is 0.0435. The SMILES string of the molecule is OCC1(c2ccc(Nc3nc(N4CCOCC4)nc4c3CCC4)cc2)CCCC1. The number of hydrogen-bond donors (Lipinski definition) is 2. The average molecular weight is 395 g/mol. The van der Waals surface area contributed by atoms with E-state index in [0.717, 1.165) is 75.9 Å². The third kappa shape index (κ3) is 3.60. The Kier molecular flexibility index (Phi) is 5.14. The molecule has 1 aromatic carbocycles. The molecule has 0 bridgehead atoms. The molecule has 3 aliphatic rings. The van der Waals surface area contributed by atoms with Crippen LogP contribution in [-0.2, 0) is 23.0 Å². The number of aromatic nitrogens is 2. The molecule has 154 valence electrons. The first-order valence-corrected chi connectivity index (χ1v) is 11.0. The highest BCUT2D eigenvalue weighted by atomic mass is 16.5. The summed E-state index contributed by atoms with van der Waals surface area (Å²) in [6.07, 6.45) is 7.78. The van der Waals surface area contributed by atoms with Crippen LogP contribution in [0.15, 0.2) is 24.3 Å². The molecular weight excluding hydrogens is 364 g/mol. The van der Waals surface area contributed by atoms with Crippen LogP contribution in [-0.4, -0.2) is 48.0 Å². The number of nitrogens with zero attached hydrogens (tertiary/aromatic N) is 3. The predicted octanol–water partition coefficient (Wildman–Crippen LogP) is 3.35. The molecule has 2 heterocycles. The summed E-state index contributed by atoms with van der Waals surface area (Å²) >= 11 is 0. The normalized spacial score (nSPS) is 20.7. The molecule has 0 spiro atoms. The minimum Gasteiger partial charge on any atom is -0.395 e. The first-order valence-electron chi connectivity index (χ1n) is 11.0. The molecule has 2 aromatic rings. The number of rotatable bonds is 5. The molecular formula is C23H30N4O2. The Labute approximate surface area is 172 Å². The van der Waals surface area contributed by atoms with Crippen molar-refractivity contribution in [1.82, 2.24) is 9.97 Å². The van der Waals surface area contributed by atoms with Crippen molar-refractivity contribution in [2.24, 2.45) is 0 Å². The zero-order valence-electron chi connectivity index (χ0n) is 17.0. The van der Waals surface area contributed by atoms with Gasteiger partial charge in [-0.2, -0.15) is 4.98 Å². The maximum atomic E-state index is 9.99. The molecule has 5 rings (SSSR count). The largest absolute Gasteiger partial charge is 0.395 e. The van der Waals surface area contributed by atoms with Gasteiger partial charge in [0.1, 0.15) is 5.82 Å². The molecule has 2 aliphatic carbocycles. The average Bonchev–Trinajstić information content (AvgIpc) is 3.45. The molecule has 29 heavy (non-hydrogen) atoms. The monoisotopic (exact) mass is 394 g/mol. The van der Waals surface area contributed by atoms with Crippen molar-refractivity contribution >= 4 is 17.5 Å². The summed E-state index contributed by atoms with van der Waals surface area (Å²) in [6.45, 7) is 3.39. The van der Waals surface area contributed by atoms with E-state index in [2.05, 4.69) is 34.5 Å². The van der Waals surface area contributed by atoms with Crippen LogP contribution in [0.1, 0.15) is 48.9 Å². The van der Waals surface area contributed by atoms with Crippen LogP contribution in [0, 0.1) is 0 Å². The first kappa shape index (κ1) is 18.8. The number of ether oxygens (including phenoxy) is 1. The van der Waals surface area contributed by atoms with Gasteiger partial charge in [0.25, 0.3) is 0 Å². The molecule has 0 atom stereocenters. The number of fused-ring (bicyclic) bond motifs is 1. The molecule has 6 nitrogen and oxygen atoms in total. The first-order chi connectivity index (χ1) is 14.3. The third-order valence-electron chi connectivity index (χ3n) is 6.84. The van der Waals surface area contributed by atoms with Crippen LogP contribution in [0.2, 0.25) is 0 Å². The van der Waals surface area contributed by atoms with Crippen molar-refractivity contribution in [2.75, 3.05) is 43.1 Å². The number of anilines is 3. The fourth-order valence-corrected chi connectivity index (χ4v) is 5.06. The molecule has 0 radical (unpaired) electrons. The van der Waals surface area contributed by atoms with Gasteiger partial charge in [-0.05, 0) is 49.8 Å². The zero-order valence-corrected chi connectivity index (χ0v) is 17.0.